The second-order valence-corrected chi connectivity index (χ2v) is 10.1. The van der Waals surface area contributed by atoms with Crippen molar-refractivity contribution in [1.29, 1.82) is 0 Å². The van der Waals surface area contributed by atoms with Crippen molar-refractivity contribution in [2.45, 2.75) is 50.2 Å². The van der Waals surface area contributed by atoms with E-state index >= 15 is 0 Å². The smallest absolute Gasteiger partial charge is 0.398 e. The fraction of sp³-hybridized carbons (Fsp3) is 0.500. The highest BCUT2D eigenvalue weighted by atomic mass is 32.1. The summed E-state index contributed by atoms with van der Waals surface area (Å²) in [5.41, 5.74) is 4.82. The van der Waals surface area contributed by atoms with E-state index in [9.17, 15) is 26.3 Å². The minimum atomic E-state index is -4.50. The monoisotopic (exact) mass is 560 g/mol. The van der Waals surface area contributed by atoms with Crippen molar-refractivity contribution in [3.05, 3.63) is 53.6 Å². The maximum atomic E-state index is 13.1. The highest BCUT2D eigenvalue weighted by Gasteiger charge is 2.34. The molecular formula is C26H30F6N4OS. The number of halogens is 6. The molecule has 2 aliphatic rings. The van der Waals surface area contributed by atoms with Gasteiger partial charge < -0.3 is 25.6 Å². The van der Waals surface area contributed by atoms with Crippen LogP contribution in [0.3, 0.4) is 0 Å². The van der Waals surface area contributed by atoms with E-state index in [2.05, 4.69) is 10.2 Å². The SMILES string of the molecule is Nc1ccc(NC2CCC(OCC(=S)N3CCN(c4ccc(C(F)(F)F)cc4)CC3)CC2)cc1C(F)(F)F. The molecule has 0 atom stereocenters. The van der Waals surface area contributed by atoms with Gasteiger partial charge >= 0.3 is 12.4 Å². The summed E-state index contributed by atoms with van der Waals surface area (Å²) < 4.78 is 83.7. The number of rotatable bonds is 6. The minimum Gasteiger partial charge on any atom is -0.398 e. The van der Waals surface area contributed by atoms with E-state index in [4.69, 9.17) is 22.7 Å². The van der Waals surface area contributed by atoms with Crippen LogP contribution in [0, 0.1) is 0 Å². The van der Waals surface area contributed by atoms with Crippen LogP contribution in [0.4, 0.5) is 43.4 Å². The summed E-state index contributed by atoms with van der Waals surface area (Å²) in [6.07, 6.45) is -5.77. The van der Waals surface area contributed by atoms with E-state index < -0.39 is 23.5 Å². The fourth-order valence-corrected chi connectivity index (χ4v) is 5.11. The molecule has 0 amide bonds. The van der Waals surface area contributed by atoms with Crippen molar-refractivity contribution < 1.29 is 31.1 Å². The number of alkyl halides is 6. The Bertz CT molecular complexity index is 1090. The zero-order valence-electron chi connectivity index (χ0n) is 20.6. The van der Waals surface area contributed by atoms with Crippen molar-refractivity contribution >= 4 is 34.3 Å². The maximum Gasteiger partial charge on any atom is 0.418 e. The van der Waals surface area contributed by atoms with Crippen LogP contribution < -0.4 is 16.0 Å². The van der Waals surface area contributed by atoms with Gasteiger partial charge in [-0.25, -0.2) is 0 Å². The van der Waals surface area contributed by atoms with Crippen LogP contribution in [0.15, 0.2) is 42.5 Å². The number of nitrogen functional groups attached to an aromatic ring is 1. The van der Waals surface area contributed by atoms with E-state index in [1.165, 1.54) is 18.2 Å². The predicted octanol–water partition coefficient (Wildman–Crippen LogP) is 6.20. The van der Waals surface area contributed by atoms with Gasteiger partial charge in [0.1, 0.15) is 4.99 Å². The van der Waals surface area contributed by atoms with Gasteiger partial charge in [-0.3, -0.25) is 0 Å². The van der Waals surface area contributed by atoms with E-state index in [0.717, 1.165) is 49.6 Å². The molecule has 2 fully saturated rings. The van der Waals surface area contributed by atoms with Crippen LogP contribution in [-0.2, 0) is 17.1 Å². The zero-order chi connectivity index (χ0) is 27.5. The topological polar surface area (TPSA) is 53.8 Å². The first-order chi connectivity index (χ1) is 17.9. The third-order valence-electron chi connectivity index (χ3n) is 7.04. The number of nitrogens with zero attached hydrogens (tertiary/aromatic N) is 2. The van der Waals surface area contributed by atoms with Gasteiger partial charge in [-0.2, -0.15) is 26.3 Å². The highest BCUT2D eigenvalue weighted by molar-refractivity contribution is 7.80. The molecule has 0 bridgehead atoms. The molecule has 38 heavy (non-hydrogen) atoms. The summed E-state index contributed by atoms with van der Waals surface area (Å²) in [6, 6.07) is 9.10. The molecule has 1 heterocycles. The highest BCUT2D eigenvalue weighted by Crippen LogP contribution is 2.36. The Kier molecular flexibility index (Phi) is 8.61. The molecule has 2 aromatic carbocycles. The van der Waals surface area contributed by atoms with E-state index in [1.54, 1.807) is 6.07 Å². The van der Waals surface area contributed by atoms with E-state index in [-0.39, 0.29) is 17.8 Å². The van der Waals surface area contributed by atoms with Crippen LogP contribution in [0.2, 0.25) is 0 Å². The molecule has 208 valence electrons. The Morgan fingerprint density at radius 2 is 1.53 bits per heavy atom. The summed E-state index contributed by atoms with van der Waals surface area (Å²) in [6.45, 7) is 2.90. The summed E-state index contributed by atoms with van der Waals surface area (Å²) >= 11 is 5.56. The average Bonchev–Trinajstić information content (AvgIpc) is 2.88. The summed E-state index contributed by atoms with van der Waals surface area (Å²) in [4.78, 5) is 4.79. The number of thiocarbonyl (C=S) groups is 1. The van der Waals surface area contributed by atoms with Crippen LogP contribution in [0.1, 0.15) is 36.8 Å². The number of ether oxygens (including phenoxy) is 1. The summed E-state index contributed by atoms with van der Waals surface area (Å²) in [5.74, 6) is 0. The first-order valence-electron chi connectivity index (χ1n) is 12.4. The Hall–Kier alpha value is -2.73. The molecule has 0 spiro atoms. The molecule has 1 saturated heterocycles. The van der Waals surface area contributed by atoms with Crippen molar-refractivity contribution in [3.63, 3.8) is 0 Å². The number of anilines is 3. The first kappa shape index (κ1) is 28.3. The number of nitrogens with one attached hydrogen (secondary N) is 1. The van der Waals surface area contributed by atoms with E-state index in [1.807, 2.05) is 4.90 Å². The van der Waals surface area contributed by atoms with Gasteiger partial charge in [0.15, 0.2) is 0 Å². The Balaban J connectivity index is 1.17. The lowest BCUT2D eigenvalue weighted by atomic mass is 9.92. The zero-order valence-corrected chi connectivity index (χ0v) is 21.4. The van der Waals surface area contributed by atoms with Gasteiger partial charge in [0.25, 0.3) is 0 Å². The standard InChI is InChI=1S/C26H30F6N4OS/c27-25(28,29)17-1-6-20(7-2-17)35-11-13-36(14-12-35)24(38)16-37-21-8-3-18(4-9-21)34-19-5-10-23(33)22(15-19)26(30,31)32/h1-2,5-7,10,15,18,21,34H,3-4,8-9,11-14,16,33H2. The first-order valence-corrected chi connectivity index (χ1v) is 12.9. The van der Waals surface area contributed by atoms with Gasteiger partial charge in [0, 0.05) is 49.3 Å². The molecule has 4 rings (SSSR count). The van der Waals surface area contributed by atoms with Crippen LogP contribution in [-0.4, -0.2) is 54.8 Å². The molecule has 5 nitrogen and oxygen atoms in total. The molecule has 12 heteroatoms. The average molecular weight is 561 g/mol. The van der Waals surface area contributed by atoms with Crippen LogP contribution >= 0.6 is 12.2 Å². The quantitative estimate of drug-likeness (QED) is 0.250. The van der Waals surface area contributed by atoms with Crippen LogP contribution in [0.5, 0.6) is 0 Å². The molecule has 1 aliphatic heterocycles. The van der Waals surface area contributed by atoms with Crippen molar-refractivity contribution in [2.75, 3.05) is 48.7 Å². The second kappa shape index (κ2) is 11.6. The van der Waals surface area contributed by atoms with Gasteiger partial charge in [0.2, 0.25) is 0 Å². The molecule has 2 aromatic rings. The minimum absolute atomic E-state index is 0.0246. The lowest BCUT2D eigenvalue weighted by Gasteiger charge is -2.38. The Labute approximate surface area is 222 Å². The number of hydrogen-bond acceptors (Lipinski definition) is 5. The fourth-order valence-electron chi connectivity index (χ4n) is 4.86. The number of hydrogen-bond donors (Lipinski definition) is 2. The number of benzene rings is 2. The van der Waals surface area contributed by atoms with Gasteiger partial charge in [-0.15, -0.1) is 0 Å². The van der Waals surface area contributed by atoms with Gasteiger partial charge in [-0.05, 0) is 68.1 Å². The Morgan fingerprint density at radius 3 is 2.11 bits per heavy atom. The molecular weight excluding hydrogens is 530 g/mol. The normalized spacial score (nSPS) is 20.9. The molecule has 0 unspecified atom stereocenters. The number of piperazine rings is 1. The number of nitrogens with two attached hydrogens (primary N) is 1. The Morgan fingerprint density at radius 1 is 0.895 bits per heavy atom. The second-order valence-electron chi connectivity index (χ2n) is 9.64. The third kappa shape index (κ3) is 7.22. The van der Waals surface area contributed by atoms with E-state index in [0.29, 0.717) is 43.5 Å². The van der Waals surface area contributed by atoms with Crippen molar-refractivity contribution in [2.24, 2.45) is 0 Å². The maximum absolute atomic E-state index is 13.1. The molecule has 1 aliphatic carbocycles. The lowest BCUT2D eigenvalue weighted by Crippen LogP contribution is -2.49. The molecule has 0 radical (unpaired) electrons. The molecule has 0 aromatic heterocycles. The largest absolute Gasteiger partial charge is 0.418 e. The predicted molar refractivity (Wildman–Crippen MR) is 139 cm³/mol. The van der Waals surface area contributed by atoms with Crippen LogP contribution in [0.25, 0.3) is 0 Å². The van der Waals surface area contributed by atoms with Crippen molar-refractivity contribution in [3.8, 4) is 0 Å². The lowest BCUT2D eigenvalue weighted by molar-refractivity contribution is -0.138. The third-order valence-corrected chi connectivity index (χ3v) is 7.41. The molecule has 1 saturated carbocycles. The molecule has 3 N–H and O–H groups in total. The van der Waals surface area contributed by atoms with Crippen molar-refractivity contribution in [1.82, 2.24) is 4.90 Å². The van der Waals surface area contributed by atoms with Gasteiger partial charge in [-0.1, -0.05) is 12.2 Å². The summed E-state index contributed by atoms with van der Waals surface area (Å²) in [7, 11) is 0. The summed E-state index contributed by atoms with van der Waals surface area (Å²) in [5, 5.41) is 3.18. The van der Waals surface area contributed by atoms with Gasteiger partial charge in [0.05, 0.1) is 23.8 Å².